The molecule has 0 saturated carbocycles. The third kappa shape index (κ3) is 4.37. The Bertz CT molecular complexity index is 670. The van der Waals surface area contributed by atoms with Crippen LogP contribution in [0.15, 0.2) is 30.6 Å². The van der Waals surface area contributed by atoms with Gasteiger partial charge in [-0.25, -0.2) is 0 Å². The molecule has 0 aliphatic rings. The van der Waals surface area contributed by atoms with Crippen LogP contribution in [0.2, 0.25) is 10.0 Å². The lowest BCUT2D eigenvalue weighted by Gasteiger charge is -2.06. The summed E-state index contributed by atoms with van der Waals surface area (Å²) in [6.45, 7) is -1.23. The molecule has 0 saturated heterocycles. The minimum atomic E-state index is -4.38. The van der Waals surface area contributed by atoms with E-state index in [0.717, 1.165) is 12.4 Å². The molecule has 0 bridgehead atoms. The molecule has 0 radical (unpaired) electrons. The standard InChI is InChI=1S/C12H8Cl2F3N3O/c13-7-1-2-9(10(14)3-7)11(21)19-8-4-18-20(5-8)6-12(15,16)17/h1-5H,6H2,(H,19,21). The molecule has 0 aliphatic carbocycles. The van der Waals surface area contributed by atoms with Crippen molar-refractivity contribution in [2.75, 3.05) is 5.32 Å². The van der Waals surface area contributed by atoms with E-state index in [-0.39, 0.29) is 16.3 Å². The van der Waals surface area contributed by atoms with Gasteiger partial charge in [0.1, 0.15) is 6.54 Å². The van der Waals surface area contributed by atoms with E-state index in [9.17, 15) is 18.0 Å². The van der Waals surface area contributed by atoms with Crippen molar-refractivity contribution < 1.29 is 18.0 Å². The normalized spacial score (nSPS) is 11.5. The first-order valence-electron chi connectivity index (χ1n) is 5.60. The second-order valence-corrected chi connectivity index (χ2v) is 4.96. The lowest BCUT2D eigenvalue weighted by molar-refractivity contribution is -0.142. The van der Waals surface area contributed by atoms with Crippen molar-refractivity contribution in [2.45, 2.75) is 12.7 Å². The maximum absolute atomic E-state index is 12.2. The molecule has 1 amide bonds. The van der Waals surface area contributed by atoms with Gasteiger partial charge in [0.25, 0.3) is 5.91 Å². The Morgan fingerprint density at radius 3 is 2.67 bits per heavy atom. The average molecular weight is 338 g/mol. The molecule has 2 aromatic rings. The number of hydrogen-bond acceptors (Lipinski definition) is 2. The number of hydrogen-bond donors (Lipinski definition) is 1. The number of rotatable bonds is 3. The van der Waals surface area contributed by atoms with Gasteiger partial charge in [-0.1, -0.05) is 23.2 Å². The highest BCUT2D eigenvalue weighted by atomic mass is 35.5. The van der Waals surface area contributed by atoms with Crippen molar-refractivity contribution in [3.63, 3.8) is 0 Å². The summed E-state index contributed by atoms with van der Waals surface area (Å²) in [5, 5.41) is 6.43. The molecule has 112 valence electrons. The molecule has 0 spiro atoms. The topological polar surface area (TPSA) is 46.9 Å². The maximum Gasteiger partial charge on any atom is 0.408 e. The molecule has 1 aromatic carbocycles. The Kier molecular flexibility index (Phi) is 4.43. The molecule has 0 aliphatic heterocycles. The number of alkyl halides is 3. The molecular formula is C12H8Cl2F3N3O. The van der Waals surface area contributed by atoms with Crippen LogP contribution in [-0.4, -0.2) is 21.9 Å². The summed E-state index contributed by atoms with van der Waals surface area (Å²) in [4.78, 5) is 11.9. The van der Waals surface area contributed by atoms with Gasteiger partial charge < -0.3 is 5.32 Å². The largest absolute Gasteiger partial charge is 0.408 e. The van der Waals surface area contributed by atoms with Crippen LogP contribution in [0.4, 0.5) is 18.9 Å². The molecule has 4 nitrogen and oxygen atoms in total. The lowest BCUT2D eigenvalue weighted by Crippen LogP contribution is -2.18. The minimum absolute atomic E-state index is 0.135. The van der Waals surface area contributed by atoms with Crippen LogP contribution in [0.3, 0.4) is 0 Å². The summed E-state index contributed by atoms with van der Waals surface area (Å²) in [6, 6.07) is 4.29. The van der Waals surface area contributed by atoms with E-state index in [2.05, 4.69) is 10.4 Å². The lowest BCUT2D eigenvalue weighted by atomic mass is 10.2. The number of carbonyl (C=O) groups is 1. The van der Waals surface area contributed by atoms with Crippen molar-refractivity contribution in [3.8, 4) is 0 Å². The zero-order chi connectivity index (χ0) is 15.6. The Morgan fingerprint density at radius 2 is 2.05 bits per heavy atom. The van der Waals surface area contributed by atoms with Crippen molar-refractivity contribution in [2.24, 2.45) is 0 Å². The van der Waals surface area contributed by atoms with E-state index in [1.807, 2.05) is 0 Å². The number of nitrogens with one attached hydrogen (secondary N) is 1. The van der Waals surface area contributed by atoms with Crippen molar-refractivity contribution in [1.29, 1.82) is 0 Å². The predicted octanol–water partition coefficient (Wildman–Crippen LogP) is 4.00. The summed E-state index contributed by atoms with van der Waals surface area (Å²) in [7, 11) is 0. The number of amides is 1. The first-order chi connectivity index (χ1) is 9.74. The van der Waals surface area contributed by atoms with Gasteiger partial charge >= 0.3 is 6.18 Å². The van der Waals surface area contributed by atoms with Gasteiger partial charge in [0.05, 0.1) is 22.5 Å². The SMILES string of the molecule is O=C(Nc1cnn(CC(F)(F)F)c1)c1ccc(Cl)cc1Cl. The summed E-state index contributed by atoms with van der Waals surface area (Å²) in [5.41, 5.74) is 0.292. The number of halogens is 5. The van der Waals surface area contributed by atoms with Crippen molar-refractivity contribution >= 4 is 34.8 Å². The minimum Gasteiger partial charge on any atom is -0.319 e. The van der Waals surface area contributed by atoms with E-state index in [4.69, 9.17) is 23.2 Å². The number of benzene rings is 1. The Morgan fingerprint density at radius 1 is 1.33 bits per heavy atom. The Hall–Kier alpha value is -1.73. The van der Waals surface area contributed by atoms with Crippen LogP contribution in [-0.2, 0) is 6.54 Å². The fraction of sp³-hybridized carbons (Fsp3) is 0.167. The van der Waals surface area contributed by atoms with E-state index in [1.54, 1.807) is 0 Å². The maximum atomic E-state index is 12.2. The van der Waals surface area contributed by atoms with Gasteiger partial charge in [0.2, 0.25) is 0 Å². The molecular weight excluding hydrogens is 330 g/mol. The molecule has 0 fully saturated rings. The van der Waals surface area contributed by atoms with Crippen LogP contribution in [0, 0.1) is 0 Å². The third-order valence-electron chi connectivity index (χ3n) is 2.41. The van der Waals surface area contributed by atoms with Crippen LogP contribution in [0.5, 0.6) is 0 Å². The monoisotopic (exact) mass is 337 g/mol. The number of nitrogens with zero attached hydrogens (tertiary/aromatic N) is 2. The first kappa shape index (κ1) is 15.7. The second kappa shape index (κ2) is 5.95. The molecule has 21 heavy (non-hydrogen) atoms. The van der Waals surface area contributed by atoms with Gasteiger partial charge in [0, 0.05) is 11.2 Å². The van der Waals surface area contributed by atoms with Crippen LogP contribution in [0.25, 0.3) is 0 Å². The van der Waals surface area contributed by atoms with Crippen molar-refractivity contribution in [1.82, 2.24) is 9.78 Å². The highest BCUT2D eigenvalue weighted by molar-refractivity contribution is 6.37. The molecule has 0 unspecified atom stereocenters. The average Bonchev–Trinajstić information content (AvgIpc) is 2.73. The van der Waals surface area contributed by atoms with E-state index in [0.29, 0.717) is 9.70 Å². The molecule has 1 aromatic heterocycles. The Balaban J connectivity index is 2.09. The van der Waals surface area contributed by atoms with Gasteiger partial charge in [0.15, 0.2) is 0 Å². The van der Waals surface area contributed by atoms with E-state index in [1.165, 1.54) is 18.2 Å². The van der Waals surface area contributed by atoms with Gasteiger partial charge in [-0.15, -0.1) is 0 Å². The van der Waals surface area contributed by atoms with E-state index < -0.39 is 18.6 Å². The third-order valence-corrected chi connectivity index (χ3v) is 2.96. The quantitative estimate of drug-likeness (QED) is 0.919. The van der Waals surface area contributed by atoms with E-state index >= 15 is 0 Å². The molecule has 9 heteroatoms. The number of carbonyl (C=O) groups excluding carboxylic acids is 1. The highest BCUT2D eigenvalue weighted by Gasteiger charge is 2.28. The first-order valence-corrected chi connectivity index (χ1v) is 6.36. The number of aromatic nitrogens is 2. The van der Waals surface area contributed by atoms with Crippen LogP contribution in [0.1, 0.15) is 10.4 Å². The number of anilines is 1. The van der Waals surface area contributed by atoms with Crippen LogP contribution < -0.4 is 5.32 Å². The fourth-order valence-electron chi connectivity index (χ4n) is 1.57. The summed E-state index contributed by atoms with van der Waals surface area (Å²) in [5.74, 6) is -0.566. The second-order valence-electron chi connectivity index (χ2n) is 4.12. The molecule has 2 rings (SSSR count). The van der Waals surface area contributed by atoms with Gasteiger partial charge in [-0.2, -0.15) is 18.3 Å². The summed E-state index contributed by atoms with van der Waals surface area (Å²) >= 11 is 11.6. The predicted molar refractivity (Wildman–Crippen MR) is 72.7 cm³/mol. The zero-order valence-corrected chi connectivity index (χ0v) is 11.8. The van der Waals surface area contributed by atoms with Crippen molar-refractivity contribution in [3.05, 3.63) is 46.2 Å². The zero-order valence-electron chi connectivity index (χ0n) is 10.3. The summed E-state index contributed by atoms with van der Waals surface area (Å²) < 4.78 is 37.3. The summed E-state index contributed by atoms with van der Waals surface area (Å²) in [6.07, 6.45) is -2.19. The highest BCUT2D eigenvalue weighted by Crippen LogP contribution is 2.22. The van der Waals surface area contributed by atoms with Crippen LogP contribution >= 0.6 is 23.2 Å². The van der Waals surface area contributed by atoms with Gasteiger partial charge in [-0.3, -0.25) is 9.48 Å². The Labute approximate surface area is 127 Å². The van der Waals surface area contributed by atoms with Gasteiger partial charge in [-0.05, 0) is 18.2 Å². The molecule has 1 N–H and O–H groups in total. The smallest absolute Gasteiger partial charge is 0.319 e. The molecule has 1 heterocycles. The fourth-order valence-corrected chi connectivity index (χ4v) is 2.06. The molecule has 0 atom stereocenters.